The van der Waals surface area contributed by atoms with Crippen molar-refractivity contribution in [2.45, 2.75) is 25.3 Å². The lowest BCUT2D eigenvalue weighted by atomic mass is 10.1. The van der Waals surface area contributed by atoms with Crippen LogP contribution in [-0.2, 0) is 16.0 Å². The van der Waals surface area contributed by atoms with Crippen molar-refractivity contribution in [2.75, 3.05) is 11.4 Å². The van der Waals surface area contributed by atoms with E-state index in [1.54, 1.807) is 17.0 Å². The highest BCUT2D eigenvalue weighted by Crippen LogP contribution is 2.30. The summed E-state index contributed by atoms with van der Waals surface area (Å²) in [6, 6.07) is 4.33. The van der Waals surface area contributed by atoms with Crippen molar-refractivity contribution in [3.05, 3.63) is 29.3 Å². The quantitative estimate of drug-likeness (QED) is 0.824. The zero-order valence-corrected chi connectivity index (χ0v) is 10.8. The minimum absolute atomic E-state index is 0.0935. The van der Waals surface area contributed by atoms with Crippen LogP contribution in [0.25, 0.3) is 0 Å². The topological polar surface area (TPSA) is 86.7 Å². The van der Waals surface area contributed by atoms with Crippen LogP contribution in [0.3, 0.4) is 0 Å². The van der Waals surface area contributed by atoms with Crippen LogP contribution in [0.15, 0.2) is 18.2 Å². The second-order valence-corrected chi connectivity index (χ2v) is 5.05. The summed E-state index contributed by atoms with van der Waals surface area (Å²) in [6.07, 6.45) is 1.55. The Morgan fingerprint density at radius 1 is 1.30 bits per heavy atom. The number of aromatic carboxylic acids is 1. The molecule has 2 amide bonds. The summed E-state index contributed by atoms with van der Waals surface area (Å²) in [5.74, 6) is -1.18. The van der Waals surface area contributed by atoms with Crippen LogP contribution in [0, 0.1) is 0 Å². The minimum atomic E-state index is -0.972. The van der Waals surface area contributed by atoms with Crippen LogP contribution in [0.1, 0.15) is 28.8 Å². The third kappa shape index (κ3) is 2.03. The molecule has 104 valence electrons. The zero-order valence-electron chi connectivity index (χ0n) is 10.8. The second-order valence-electron chi connectivity index (χ2n) is 5.05. The van der Waals surface area contributed by atoms with Gasteiger partial charge in [-0.15, -0.1) is 0 Å². The van der Waals surface area contributed by atoms with Crippen LogP contribution in [0.4, 0.5) is 5.69 Å². The Bertz CT molecular complexity index is 611. The number of nitrogens with zero attached hydrogens (tertiary/aromatic N) is 1. The maximum atomic E-state index is 12.4. The van der Waals surface area contributed by atoms with E-state index in [-0.39, 0.29) is 17.4 Å². The van der Waals surface area contributed by atoms with Gasteiger partial charge in [-0.05, 0) is 36.6 Å². The zero-order chi connectivity index (χ0) is 14.3. The van der Waals surface area contributed by atoms with E-state index in [4.69, 9.17) is 5.11 Å². The number of carbonyl (C=O) groups excluding carboxylic acids is 2. The van der Waals surface area contributed by atoms with Gasteiger partial charge in [-0.1, -0.05) is 0 Å². The average molecular weight is 274 g/mol. The molecule has 1 aromatic carbocycles. The Kier molecular flexibility index (Phi) is 2.93. The van der Waals surface area contributed by atoms with E-state index in [1.807, 2.05) is 0 Å². The van der Waals surface area contributed by atoms with Gasteiger partial charge in [0.15, 0.2) is 0 Å². The SMILES string of the molecule is O=C1CC[C@H](C(=O)N2CCc3cc(C(=O)O)ccc32)N1. The summed E-state index contributed by atoms with van der Waals surface area (Å²) in [5, 5.41) is 11.6. The molecule has 0 unspecified atom stereocenters. The van der Waals surface area contributed by atoms with Gasteiger partial charge in [0, 0.05) is 18.7 Å². The summed E-state index contributed by atoms with van der Waals surface area (Å²) in [5.41, 5.74) is 1.84. The molecule has 2 N–H and O–H groups in total. The molecule has 6 heteroatoms. The van der Waals surface area contributed by atoms with Gasteiger partial charge in [0.25, 0.3) is 0 Å². The summed E-state index contributed by atoms with van der Waals surface area (Å²) < 4.78 is 0. The highest BCUT2D eigenvalue weighted by molar-refractivity contribution is 6.02. The van der Waals surface area contributed by atoms with Gasteiger partial charge in [0.1, 0.15) is 6.04 Å². The first-order valence-corrected chi connectivity index (χ1v) is 6.53. The predicted octanol–water partition coefficient (Wildman–Crippen LogP) is 0.552. The summed E-state index contributed by atoms with van der Waals surface area (Å²) >= 11 is 0. The van der Waals surface area contributed by atoms with Crippen molar-refractivity contribution >= 4 is 23.5 Å². The molecule has 0 aliphatic carbocycles. The minimum Gasteiger partial charge on any atom is -0.478 e. The molecule has 1 fully saturated rings. The van der Waals surface area contributed by atoms with Crippen molar-refractivity contribution in [1.82, 2.24) is 5.32 Å². The van der Waals surface area contributed by atoms with Gasteiger partial charge in [0.2, 0.25) is 11.8 Å². The number of rotatable bonds is 2. The van der Waals surface area contributed by atoms with E-state index in [0.717, 1.165) is 11.3 Å². The van der Waals surface area contributed by atoms with Crippen molar-refractivity contribution in [3.8, 4) is 0 Å². The Morgan fingerprint density at radius 2 is 2.10 bits per heavy atom. The number of hydrogen-bond donors (Lipinski definition) is 2. The molecular formula is C14H14N2O4. The van der Waals surface area contributed by atoms with Crippen LogP contribution in [-0.4, -0.2) is 35.5 Å². The summed E-state index contributed by atoms with van der Waals surface area (Å²) in [7, 11) is 0. The van der Waals surface area contributed by atoms with E-state index in [1.165, 1.54) is 6.07 Å². The first kappa shape index (κ1) is 12.7. The van der Waals surface area contributed by atoms with Gasteiger partial charge in [-0.25, -0.2) is 4.79 Å². The first-order chi connectivity index (χ1) is 9.56. The molecule has 1 aromatic rings. The average Bonchev–Trinajstić information content (AvgIpc) is 3.03. The fourth-order valence-electron chi connectivity index (χ4n) is 2.75. The predicted molar refractivity (Wildman–Crippen MR) is 70.6 cm³/mol. The van der Waals surface area contributed by atoms with E-state index >= 15 is 0 Å². The lowest BCUT2D eigenvalue weighted by molar-refractivity contribution is -0.124. The molecule has 3 rings (SSSR count). The Balaban J connectivity index is 1.84. The van der Waals surface area contributed by atoms with Crippen molar-refractivity contribution in [1.29, 1.82) is 0 Å². The molecule has 0 radical (unpaired) electrons. The summed E-state index contributed by atoms with van der Waals surface area (Å²) in [6.45, 7) is 0.531. The van der Waals surface area contributed by atoms with Crippen LogP contribution >= 0.6 is 0 Å². The van der Waals surface area contributed by atoms with E-state index in [0.29, 0.717) is 25.8 Å². The fraction of sp³-hybridized carbons (Fsp3) is 0.357. The molecule has 0 spiro atoms. The Labute approximate surface area is 115 Å². The summed E-state index contributed by atoms with van der Waals surface area (Å²) in [4.78, 5) is 36.1. The molecule has 0 aromatic heterocycles. The Hall–Kier alpha value is -2.37. The second kappa shape index (κ2) is 4.63. The lowest BCUT2D eigenvalue weighted by Crippen LogP contribution is -2.43. The molecule has 2 aliphatic heterocycles. The maximum absolute atomic E-state index is 12.4. The van der Waals surface area contributed by atoms with E-state index in [9.17, 15) is 14.4 Å². The smallest absolute Gasteiger partial charge is 0.335 e. The maximum Gasteiger partial charge on any atom is 0.335 e. The third-order valence-corrected chi connectivity index (χ3v) is 3.78. The lowest BCUT2D eigenvalue weighted by Gasteiger charge is -2.21. The number of hydrogen-bond acceptors (Lipinski definition) is 3. The number of carboxylic acids is 1. The molecule has 2 aliphatic rings. The molecule has 1 atom stereocenters. The van der Waals surface area contributed by atoms with Crippen molar-refractivity contribution in [3.63, 3.8) is 0 Å². The molecule has 1 saturated heterocycles. The molecule has 0 bridgehead atoms. The van der Waals surface area contributed by atoms with Crippen LogP contribution in [0.2, 0.25) is 0 Å². The molecule has 0 saturated carbocycles. The number of amides is 2. The van der Waals surface area contributed by atoms with Crippen LogP contribution < -0.4 is 10.2 Å². The molecule has 2 heterocycles. The van der Waals surface area contributed by atoms with Crippen molar-refractivity contribution in [2.24, 2.45) is 0 Å². The normalized spacial score (nSPS) is 20.7. The number of carboxylic acid groups (broad SMARTS) is 1. The Morgan fingerprint density at radius 3 is 2.75 bits per heavy atom. The largest absolute Gasteiger partial charge is 0.478 e. The van der Waals surface area contributed by atoms with Gasteiger partial charge in [0.05, 0.1) is 5.56 Å². The van der Waals surface area contributed by atoms with Gasteiger partial charge < -0.3 is 15.3 Å². The van der Waals surface area contributed by atoms with Crippen LogP contribution in [0.5, 0.6) is 0 Å². The number of fused-ring (bicyclic) bond motifs is 1. The van der Waals surface area contributed by atoms with Gasteiger partial charge in [-0.3, -0.25) is 9.59 Å². The number of carbonyl (C=O) groups is 3. The third-order valence-electron chi connectivity index (χ3n) is 3.78. The number of benzene rings is 1. The van der Waals surface area contributed by atoms with Gasteiger partial charge in [-0.2, -0.15) is 0 Å². The first-order valence-electron chi connectivity index (χ1n) is 6.53. The monoisotopic (exact) mass is 274 g/mol. The number of anilines is 1. The molecular weight excluding hydrogens is 260 g/mol. The highest BCUT2D eigenvalue weighted by Gasteiger charge is 2.34. The van der Waals surface area contributed by atoms with E-state index < -0.39 is 12.0 Å². The van der Waals surface area contributed by atoms with Crippen molar-refractivity contribution < 1.29 is 19.5 Å². The number of nitrogens with one attached hydrogen (secondary N) is 1. The fourth-order valence-corrected chi connectivity index (χ4v) is 2.75. The van der Waals surface area contributed by atoms with Gasteiger partial charge >= 0.3 is 5.97 Å². The van der Waals surface area contributed by atoms with E-state index in [2.05, 4.69) is 5.32 Å². The standard InChI is InChI=1S/C14H14N2O4/c17-12-4-2-10(15-12)13(18)16-6-5-8-7-9(14(19)20)1-3-11(8)16/h1,3,7,10H,2,4-6H2,(H,15,17)(H,19,20)/t10-/m1/s1. The molecule has 6 nitrogen and oxygen atoms in total. The molecule has 20 heavy (non-hydrogen) atoms. The highest BCUT2D eigenvalue weighted by atomic mass is 16.4.